The first-order chi connectivity index (χ1) is 14.8. The van der Waals surface area contributed by atoms with E-state index in [0.717, 1.165) is 36.9 Å². The highest BCUT2D eigenvalue weighted by Gasteiger charge is 2.20. The second-order valence-corrected chi connectivity index (χ2v) is 8.67. The van der Waals surface area contributed by atoms with Gasteiger partial charge in [0.2, 0.25) is 5.89 Å². The number of benzene rings is 1. The van der Waals surface area contributed by atoms with Crippen molar-refractivity contribution >= 4 is 41.3 Å². The maximum absolute atomic E-state index is 5.61. The van der Waals surface area contributed by atoms with Crippen molar-refractivity contribution in [3.63, 3.8) is 0 Å². The number of guanidine groups is 1. The molecule has 0 saturated carbocycles. The highest BCUT2D eigenvalue weighted by molar-refractivity contribution is 14.0. The first-order valence-electron chi connectivity index (χ1n) is 10.5. The van der Waals surface area contributed by atoms with Crippen LogP contribution >= 0.6 is 35.3 Å². The molecule has 31 heavy (non-hydrogen) atoms. The summed E-state index contributed by atoms with van der Waals surface area (Å²) in [6, 6.07) is 14.3. The first-order valence-corrected chi connectivity index (χ1v) is 11.4. The van der Waals surface area contributed by atoms with Crippen LogP contribution in [0.3, 0.4) is 0 Å². The average molecular weight is 551 g/mol. The number of likely N-dealkylation sites (tertiary alicyclic amines) is 1. The van der Waals surface area contributed by atoms with E-state index in [1.54, 1.807) is 13.3 Å². The number of oxazole rings is 1. The molecule has 2 N–H and O–H groups in total. The van der Waals surface area contributed by atoms with Gasteiger partial charge in [-0.1, -0.05) is 24.3 Å². The summed E-state index contributed by atoms with van der Waals surface area (Å²) < 4.78 is 5.61. The van der Waals surface area contributed by atoms with Crippen molar-refractivity contribution in [3.05, 3.63) is 64.7 Å². The topological polar surface area (TPSA) is 65.7 Å². The van der Waals surface area contributed by atoms with Gasteiger partial charge in [-0.2, -0.15) is 0 Å². The van der Waals surface area contributed by atoms with Crippen LogP contribution in [0.2, 0.25) is 0 Å². The predicted octanol–water partition coefficient (Wildman–Crippen LogP) is 4.60. The van der Waals surface area contributed by atoms with Gasteiger partial charge in [0.1, 0.15) is 6.26 Å². The van der Waals surface area contributed by atoms with Crippen molar-refractivity contribution < 1.29 is 4.42 Å². The number of thiophene rings is 1. The summed E-state index contributed by atoms with van der Waals surface area (Å²) in [6.45, 7) is 4.89. The Kier molecular flexibility index (Phi) is 9.35. The number of aromatic nitrogens is 1. The minimum atomic E-state index is 0. The second kappa shape index (κ2) is 12.2. The maximum atomic E-state index is 5.61. The van der Waals surface area contributed by atoms with E-state index in [0.29, 0.717) is 18.4 Å². The number of rotatable bonds is 7. The number of piperidine rings is 1. The zero-order chi connectivity index (χ0) is 20.6. The summed E-state index contributed by atoms with van der Waals surface area (Å²) in [6.07, 6.45) is 4.21. The fraction of sp³-hybridized carbons (Fsp3) is 0.391. The van der Waals surface area contributed by atoms with Crippen LogP contribution in [0.4, 0.5) is 0 Å². The van der Waals surface area contributed by atoms with Crippen molar-refractivity contribution in [2.24, 2.45) is 10.9 Å². The predicted molar refractivity (Wildman–Crippen MR) is 138 cm³/mol. The van der Waals surface area contributed by atoms with Gasteiger partial charge < -0.3 is 15.1 Å². The lowest BCUT2D eigenvalue weighted by Gasteiger charge is -2.32. The quantitative estimate of drug-likeness (QED) is 0.256. The Morgan fingerprint density at radius 3 is 2.87 bits per heavy atom. The molecule has 0 amide bonds. The van der Waals surface area contributed by atoms with Crippen molar-refractivity contribution in [1.82, 2.24) is 20.5 Å². The molecule has 8 heteroatoms. The lowest BCUT2D eigenvalue weighted by atomic mass is 9.98. The van der Waals surface area contributed by atoms with E-state index in [2.05, 4.69) is 43.0 Å². The summed E-state index contributed by atoms with van der Waals surface area (Å²) in [5.41, 5.74) is 1.84. The summed E-state index contributed by atoms with van der Waals surface area (Å²) in [4.78, 5) is 12.9. The number of aliphatic imine (C=N–C) groups is 1. The van der Waals surface area contributed by atoms with E-state index in [1.165, 1.54) is 24.3 Å². The van der Waals surface area contributed by atoms with Gasteiger partial charge >= 0.3 is 0 Å². The fourth-order valence-electron chi connectivity index (χ4n) is 3.82. The van der Waals surface area contributed by atoms with E-state index < -0.39 is 0 Å². The zero-order valence-electron chi connectivity index (χ0n) is 17.8. The van der Waals surface area contributed by atoms with Gasteiger partial charge in [-0.3, -0.25) is 9.89 Å². The van der Waals surface area contributed by atoms with Gasteiger partial charge in [0, 0.05) is 37.1 Å². The van der Waals surface area contributed by atoms with Gasteiger partial charge in [0.05, 0.1) is 12.2 Å². The molecule has 1 aliphatic rings. The Morgan fingerprint density at radius 1 is 1.23 bits per heavy atom. The molecule has 1 aliphatic heterocycles. The molecule has 0 bridgehead atoms. The van der Waals surface area contributed by atoms with Crippen molar-refractivity contribution in [1.29, 1.82) is 0 Å². The van der Waals surface area contributed by atoms with Crippen LogP contribution in [0.1, 0.15) is 23.4 Å². The third kappa shape index (κ3) is 7.05. The van der Waals surface area contributed by atoms with E-state index in [-0.39, 0.29) is 24.0 Å². The lowest BCUT2D eigenvalue weighted by Crippen LogP contribution is -2.44. The minimum absolute atomic E-state index is 0. The van der Waals surface area contributed by atoms with Gasteiger partial charge in [-0.25, -0.2) is 4.98 Å². The third-order valence-electron chi connectivity index (χ3n) is 5.35. The van der Waals surface area contributed by atoms with Crippen LogP contribution in [-0.4, -0.2) is 42.5 Å². The molecular formula is C23H30IN5OS. The molecule has 0 radical (unpaired) electrons. The van der Waals surface area contributed by atoms with Crippen LogP contribution in [-0.2, 0) is 13.1 Å². The highest BCUT2D eigenvalue weighted by Crippen LogP contribution is 2.20. The average Bonchev–Trinajstić information content (AvgIpc) is 3.47. The van der Waals surface area contributed by atoms with E-state index in [1.807, 2.05) is 41.7 Å². The largest absolute Gasteiger partial charge is 0.444 e. The molecule has 0 spiro atoms. The molecule has 166 valence electrons. The van der Waals surface area contributed by atoms with Crippen LogP contribution in [0.15, 0.2) is 63.5 Å². The van der Waals surface area contributed by atoms with E-state index >= 15 is 0 Å². The lowest BCUT2D eigenvalue weighted by molar-refractivity contribution is 0.169. The number of hydrogen-bond donors (Lipinski definition) is 2. The Labute approximate surface area is 205 Å². The van der Waals surface area contributed by atoms with Gasteiger partial charge in [0.15, 0.2) is 5.96 Å². The molecule has 3 aromatic rings. The highest BCUT2D eigenvalue weighted by atomic mass is 127. The molecule has 4 rings (SSSR count). The molecule has 6 nitrogen and oxygen atoms in total. The molecule has 2 aromatic heterocycles. The SMILES string of the molecule is CN=C(NCc1coc(-c2ccccc2)n1)NCC1CCCN(Cc2cccs2)C1.I. The summed E-state index contributed by atoms with van der Waals surface area (Å²) in [5, 5.41) is 8.98. The van der Waals surface area contributed by atoms with Crippen molar-refractivity contribution in [2.75, 3.05) is 26.7 Å². The van der Waals surface area contributed by atoms with Crippen LogP contribution in [0, 0.1) is 5.92 Å². The zero-order valence-corrected chi connectivity index (χ0v) is 20.9. The third-order valence-corrected chi connectivity index (χ3v) is 6.22. The van der Waals surface area contributed by atoms with Crippen LogP contribution < -0.4 is 10.6 Å². The normalized spacial score (nSPS) is 17.2. The molecule has 1 atom stereocenters. The molecule has 3 heterocycles. The number of hydrogen-bond acceptors (Lipinski definition) is 5. The first kappa shape index (κ1) is 23.7. The summed E-state index contributed by atoms with van der Waals surface area (Å²) >= 11 is 1.84. The number of nitrogens with one attached hydrogen (secondary N) is 2. The van der Waals surface area contributed by atoms with E-state index in [4.69, 9.17) is 4.42 Å². The van der Waals surface area contributed by atoms with E-state index in [9.17, 15) is 0 Å². The van der Waals surface area contributed by atoms with Crippen LogP contribution in [0.5, 0.6) is 0 Å². The van der Waals surface area contributed by atoms with Gasteiger partial charge in [-0.15, -0.1) is 35.3 Å². The monoisotopic (exact) mass is 551 g/mol. The van der Waals surface area contributed by atoms with Gasteiger partial charge in [0.25, 0.3) is 0 Å². The minimum Gasteiger partial charge on any atom is -0.444 e. The maximum Gasteiger partial charge on any atom is 0.226 e. The summed E-state index contributed by atoms with van der Waals surface area (Å²) in [5.74, 6) is 2.08. The smallest absolute Gasteiger partial charge is 0.226 e. The fourth-order valence-corrected chi connectivity index (χ4v) is 4.57. The van der Waals surface area contributed by atoms with Crippen LogP contribution in [0.25, 0.3) is 11.5 Å². The summed E-state index contributed by atoms with van der Waals surface area (Å²) in [7, 11) is 1.80. The Hall–Kier alpha value is -1.91. The standard InChI is InChI=1S/C23H29N5OS.HI/c1-24-23(26-14-20-17-29-22(27-20)19-8-3-2-4-9-19)25-13-18-7-5-11-28(15-18)16-21-10-6-12-30-21;/h2-4,6,8-10,12,17-18H,5,7,11,13-16H2,1H3,(H2,24,25,26);1H. The number of nitrogens with zero attached hydrogens (tertiary/aromatic N) is 3. The molecule has 0 aliphatic carbocycles. The molecule has 1 fully saturated rings. The van der Waals surface area contributed by atoms with Crippen molar-refractivity contribution in [2.45, 2.75) is 25.9 Å². The number of halogens is 1. The second-order valence-electron chi connectivity index (χ2n) is 7.64. The van der Waals surface area contributed by atoms with Gasteiger partial charge in [-0.05, 0) is 48.9 Å². The Morgan fingerprint density at radius 2 is 2.10 bits per heavy atom. The van der Waals surface area contributed by atoms with Crippen molar-refractivity contribution in [3.8, 4) is 11.5 Å². The molecule has 1 aromatic carbocycles. The Bertz CT molecular complexity index is 929. The molecule has 1 unspecified atom stereocenters. The molecular weight excluding hydrogens is 521 g/mol. The Balaban J connectivity index is 0.00000272. The molecule has 1 saturated heterocycles.